The normalized spacial score (nSPS) is 13.0. The van der Waals surface area contributed by atoms with Crippen LogP contribution in [0, 0.1) is 11.8 Å². The second-order valence-electron chi connectivity index (χ2n) is 6.98. The van der Waals surface area contributed by atoms with E-state index in [1.54, 1.807) is 0 Å². The molecule has 0 radical (unpaired) electrons. The van der Waals surface area contributed by atoms with Crippen molar-refractivity contribution in [2.45, 2.75) is 90.8 Å². The van der Waals surface area contributed by atoms with Crippen LogP contribution in [0.15, 0.2) is 9.66 Å². The van der Waals surface area contributed by atoms with Gasteiger partial charge in [-0.2, -0.15) is 0 Å². The Kier molecular flexibility index (Phi) is 11.8. The molecule has 0 aromatic carbocycles. The summed E-state index contributed by atoms with van der Waals surface area (Å²) in [6.45, 7) is 16.9. The average Bonchev–Trinajstić information content (AvgIpc) is 2.42. The molecule has 22 heavy (non-hydrogen) atoms. The maximum Gasteiger partial charge on any atom is 0.200 e. The van der Waals surface area contributed by atoms with Crippen molar-refractivity contribution in [2.24, 2.45) is 0 Å². The highest BCUT2D eigenvalue weighted by molar-refractivity contribution is 14.1. The van der Waals surface area contributed by atoms with Crippen LogP contribution in [0.5, 0.6) is 0 Å². The predicted octanol–water partition coefficient (Wildman–Crippen LogP) is 7.08. The molecule has 0 rings (SSSR count). The van der Waals surface area contributed by atoms with Gasteiger partial charge in [0.15, 0.2) is 0 Å². The van der Waals surface area contributed by atoms with Gasteiger partial charge in [0, 0.05) is 10.0 Å². The fraction of sp³-hybridized carbons (Fsp3) is 0.789. The molecule has 0 aliphatic rings. The lowest BCUT2D eigenvalue weighted by Gasteiger charge is -2.42. The summed E-state index contributed by atoms with van der Waals surface area (Å²) >= 11 is 2.38. The maximum absolute atomic E-state index is 6.57. The van der Waals surface area contributed by atoms with E-state index in [1.807, 2.05) is 6.08 Å². The van der Waals surface area contributed by atoms with Gasteiger partial charge in [0.1, 0.15) is 0 Å². The van der Waals surface area contributed by atoms with Crippen molar-refractivity contribution >= 4 is 30.9 Å². The smallest absolute Gasteiger partial charge is 0.200 e. The number of halogens is 1. The molecule has 3 heteroatoms. The van der Waals surface area contributed by atoms with Crippen molar-refractivity contribution in [2.75, 3.05) is 6.61 Å². The molecule has 0 bridgehead atoms. The zero-order valence-corrected chi connectivity index (χ0v) is 18.8. The average molecular weight is 434 g/mol. The zero-order chi connectivity index (χ0) is 17.2. The van der Waals surface area contributed by atoms with Crippen LogP contribution in [-0.4, -0.2) is 14.9 Å². The van der Waals surface area contributed by atoms with E-state index in [0.717, 1.165) is 13.0 Å². The first-order valence-electron chi connectivity index (χ1n) is 8.75. The van der Waals surface area contributed by atoms with Crippen LogP contribution in [0.1, 0.15) is 74.1 Å². The molecule has 0 unspecified atom stereocenters. The molecule has 0 atom stereocenters. The Morgan fingerprint density at radius 1 is 1.05 bits per heavy atom. The van der Waals surface area contributed by atoms with Gasteiger partial charge in [-0.1, -0.05) is 73.1 Å². The standard InChI is InChI=1S/C19H35IOSi/c1-8-9-10-11-12-13-14-19(20)15-21-22(16(2)3,17(4)5)18(6)7/h14,16-18H,8-11,15H2,1-7H3/b19-14-. The summed E-state index contributed by atoms with van der Waals surface area (Å²) in [5, 5.41) is 0. The molecule has 0 heterocycles. The summed E-state index contributed by atoms with van der Waals surface area (Å²) < 4.78 is 7.79. The fourth-order valence-corrected chi connectivity index (χ4v) is 9.41. The largest absolute Gasteiger partial charge is 0.411 e. The molecule has 0 fully saturated rings. The third kappa shape index (κ3) is 7.19. The van der Waals surface area contributed by atoms with Crippen LogP contribution in [0.3, 0.4) is 0 Å². The minimum absolute atomic E-state index is 0.636. The molecule has 0 amide bonds. The van der Waals surface area contributed by atoms with Gasteiger partial charge in [0.05, 0.1) is 6.61 Å². The van der Waals surface area contributed by atoms with Crippen LogP contribution in [0.2, 0.25) is 16.6 Å². The van der Waals surface area contributed by atoms with Crippen LogP contribution >= 0.6 is 22.6 Å². The minimum Gasteiger partial charge on any atom is -0.411 e. The van der Waals surface area contributed by atoms with E-state index in [9.17, 15) is 0 Å². The van der Waals surface area contributed by atoms with Gasteiger partial charge in [-0.05, 0) is 51.7 Å². The first-order valence-corrected chi connectivity index (χ1v) is 12.0. The first kappa shape index (κ1) is 22.2. The number of rotatable bonds is 9. The Hall–Kier alpha value is 0.207. The summed E-state index contributed by atoms with van der Waals surface area (Å²) in [5.74, 6) is 6.43. The van der Waals surface area contributed by atoms with E-state index < -0.39 is 8.32 Å². The Morgan fingerprint density at radius 2 is 1.59 bits per heavy atom. The molecule has 0 aromatic rings. The van der Waals surface area contributed by atoms with Gasteiger partial charge in [0.2, 0.25) is 8.32 Å². The van der Waals surface area contributed by atoms with Gasteiger partial charge < -0.3 is 4.43 Å². The van der Waals surface area contributed by atoms with Crippen molar-refractivity contribution in [3.63, 3.8) is 0 Å². The van der Waals surface area contributed by atoms with E-state index in [2.05, 4.69) is 82.9 Å². The van der Waals surface area contributed by atoms with Crippen molar-refractivity contribution in [1.82, 2.24) is 0 Å². The van der Waals surface area contributed by atoms with Crippen LogP contribution in [-0.2, 0) is 4.43 Å². The summed E-state index contributed by atoms with van der Waals surface area (Å²) in [7, 11) is -1.75. The molecule has 0 aliphatic carbocycles. The molecule has 0 aromatic heterocycles. The van der Waals surface area contributed by atoms with Crippen molar-refractivity contribution in [3.8, 4) is 11.8 Å². The Labute approximate surface area is 153 Å². The minimum atomic E-state index is -1.75. The lowest BCUT2D eigenvalue weighted by atomic mass is 10.2. The number of hydrogen-bond acceptors (Lipinski definition) is 1. The van der Waals surface area contributed by atoms with E-state index in [-0.39, 0.29) is 0 Å². The number of allylic oxidation sites excluding steroid dienone is 1. The maximum atomic E-state index is 6.57. The van der Waals surface area contributed by atoms with Gasteiger partial charge in [-0.25, -0.2) is 0 Å². The van der Waals surface area contributed by atoms with E-state index in [4.69, 9.17) is 4.43 Å². The summed E-state index contributed by atoms with van der Waals surface area (Å²) in [6.07, 6.45) is 6.80. The Morgan fingerprint density at radius 3 is 2.05 bits per heavy atom. The van der Waals surface area contributed by atoms with Gasteiger partial charge in [0.25, 0.3) is 0 Å². The molecular formula is C19H35IOSi. The zero-order valence-electron chi connectivity index (χ0n) is 15.6. The second kappa shape index (κ2) is 11.7. The monoisotopic (exact) mass is 434 g/mol. The van der Waals surface area contributed by atoms with Crippen molar-refractivity contribution in [3.05, 3.63) is 9.66 Å². The Balaban J connectivity index is 4.65. The molecule has 1 nitrogen and oxygen atoms in total. The first-order chi connectivity index (χ1) is 10.3. The molecule has 128 valence electrons. The molecule has 0 spiro atoms. The molecule has 0 saturated heterocycles. The molecule has 0 saturated carbocycles. The lowest BCUT2D eigenvalue weighted by Crippen LogP contribution is -2.48. The van der Waals surface area contributed by atoms with E-state index in [0.29, 0.717) is 16.6 Å². The number of unbranched alkanes of at least 4 members (excludes halogenated alkanes) is 3. The summed E-state index contributed by atoms with van der Waals surface area (Å²) in [4.78, 5) is 0. The summed E-state index contributed by atoms with van der Waals surface area (Å²) in [6, 6.07) is 0. The molecule has 0 aliphatic heterocycles. The quantitative estimate of drug-likeness (QED) is 0.163. The van der Waals surface area contributed by atoms with Crippen LogP contribution in [0.4, 0.5) is 0 Å². The van der Waals surface area contributed by atoms with E-state index >= 15 is 0 Å². The fourth-order valence-electron chi connectivity index (χ4n) is 3.40. The molecule has 0 N–H and O–H groups in total. The van der Waals surface area contributed by atoms with E-state index in [1.165, 1.54) is 22.8 Å². The van der Waals surface area contributed by atoms with Crippen LogP contribution in [0.25, 0.3) is 0 Å². The third-order valence-corrected chi connectivity index (χ3v) is 11.1. The predicted molar refractivity (Wildman–Crippen MR) is 111 cm³/mol. The highest BCUT2D eigenvalue weighted by Crippen LogP contribution is 2.42. The lowest BCUT2D eigenvalue weighted by molar-refractivity contribution is 0.315. The third-order valence-electron chi connectivity index (χ3n) is 4.40. The van der Waals surface area contributed by atoms with Gasteiger partial charge >= 0.3 is 0 Å². The van der Waals surface area contributed by atoms with Crippen molar-refractivity contribution in [1.29, 1.82) is 0 Å². The van der Waals surface area contributed by atoms with Crippen LogP contribution < -0.4 is 0 Å². The second-order valence-corrected chi connectivity index (χ2v) is 13.8. The highest BCUT2D eigenvalue weighted by atomic mass is 127. The Bertz CT molecular complexity index is 366. The highest BCUT2D eigenvalue weighted by Gasteiger charge is 2.44. The SMILES string of the molecule is CCCCCC#C/C=C(\I)CO[Si](C(C)C)(C(C)C)C(C)C. The number of hydrogen-bond donors (Lipinski definition) is 0. The van der Waals surface area contributed by atoms with Crippen molar-refractivity contribution < 1.29 is 4.43 Å². The molecular weight excluding hydrogens is 399 g/mol. The topological polar surface area (TPSA) is 9.23 Å². The van der Waals surface area contributed by atoms with Gasteiger partial charge in [-0.3, -0.25) is 0 Å². The van der Waals surface area contributed by atoms with Gasteiger partial charge in [-0.15, -0.1) is 0 Å². The summed E-state index contributed by atoms with van der Waals surface area (Å²) in [5.41, 5.74) is 1.91.